The lowest BCUT2D eigenvalue weighted by molar-refractivity contribution is 0.590. The van der Waals surface area contributed by atoms with Crippen LogP contribution in [0.25, 0.3) is 11.4 Å². The zero-order valence-corrected chi connectivity index (χ0v) is 12.7. The lowest BCUT2D eigenvalue weighted by Crippen LogP contribution is -2.10. The van der Waals surface area contributed by atoms with Gasteiger partial charge in [0.05, 0.1) is 5.88 Å². The molecule has 1 aromatic heterocycles. The van der Waals surface area contributed by atoms with Crippen molar-refractivity contribution in [3.63, 3.8) is 0 Å². The van der Waals surface area contributed by atoms with Crippen LogP contribution in [0.2, 0.25) is 0 Å². The average Bonchev–Trinajstić information content (AvgIpc) is 2.80. The number of aromatic nitrogens is 3. The van der Waals surface area contributed by atoms with Gasteiger partial charge in [0.15, 0.2) is 5.82 Å². The monoisotopic (exact) mass is 277 g/mol. The molecule has 0 N–H and O–H groups in total. The van der Waals surface area contributed by atoms with Crippen molar-refractivity contribution < 1.29 is 0 Å². The maximum Gasteiger partial charge on any atom is 0.163 e. The summed E-state index contributed by atoms with van der Waals surface area (Å²) in [5.41, 5.74) is 2.56. The zero-order valence-electron chi connectivity index (χ0n) is 11.9. The van der Waals surface area contributed by atoms with Crippen LogP contribution >= 0.6 is 11.6 Å². The molecule has 0 unspecified atom stereocenters. The Bertz CT molecular complexity index is 550. The molecule has 1 heterocycles. The Balaban J connectivity index is 2.40. The van der Waals surface area contributed by atoms with Gasteiger partial charge in [-0.15, -0.1) is 21.8 Å². The van der Waals surface area contributed by atoms with E-state index in [0.717, 1.165) is 23.8 Å². The molecular weight excluding hydrogens is 258 g/mol. The number of hydrogen-bond donors (Lipinski definition) is 0. The maximum atomic E-state index is 5.87. The van der Waals surface area contributed by atoms with E-state index in [9.17, 15) is 0 Å². The SMILES string of the molecule is CCn1c(CCl)nnc1-c1ccc(C(C)(C)C)cc1. The molecule has 4 heteroatoms. The van der Waals surface area contributed by atoms with Crippen LogP contribution < -0.4 is 0 Å². The van der Waals surface area contributed by atoms with Crippen molar-refractivity contribution in [3.05, 3.63) is 35.7 Å². The first-order valence-electron chi connectivity index (χ1n) is 6.56. The van der Waals surface area contributed by atoms with Crippen LogP contribution in [0.5, 0.6) is 0 Å². The minimum absolute atomic E-state index is 0.165. The van der Waals surface area contributed by atoms with Crippen molar-refractivity contribution in [2.45, 2.75) is 45.5 Å². The fraction of sp³-hybridized carbons (Fsp3) is 0.467. The first-order valence-corrected chi connectivity index (χ1v) is 7.09. The summed E-state index contributed by atoms with van der Waals surface area (Å²) >= 11 is 5.87. The summed E-state index contributed by atoms with van der Waals surface area (Å²) < 4.78 is 2.05. The maximum absolute atomic E-state index is 5.87. The minimum Gasteiger partial charge on any atom is -0.310 e. The third-order valence-electron chi connectivity index (χ3n) is 3.27. The van der Waals surface area contributed by atoms with Gasteiger partial charge >= 0.3 is 0 Å². The Hall–Kier alpha value is -1.35. The number of rotatable bonds is 3. The van der Waals surface area contributed by atoms with Crippen molar-refractivity contribution in [1.82, 2.24) is 14.8 Å². The first-order chi connectivity index (χ1) is 8.97. The molecule has 2 rings (SSSR count). The second-order valence-corrected chi connectivity index (χ2v) is 5.91. The minimum atomic E-state index is 0.165. The molecule has 0 radical (unpaired) electrons. The molecule has 0 fully saturated rings. The van der Waals surface area contributed by atoms with E-state index in [4.69, 9.17) is 11.6 Å². The van der Waals surface area contributed by atoms with Gasteiger partial charge in [0, 0.05) is 12.1 Å². The quantitative estimate of drug-likeness (QED) is 0.794. The Morgan fingerprint density at radius 1 is 1.11 bits per heavy atom. The van der Waals surface area contributed by atoms with Gasteiger partial charge in [-0.2, -0.15) is 0 Å². The van der Waals surface area contributed by atoms with Crippen molar-refractivity contribution in [2.75, 3.05) is 0 Å². The summed E-state index contributed by atoms with van der Waals surface area (Å²) in [5.74, 6) is 2.10. The van der Waals surface area contributed by atoms with Gasteiger partial charge in [-0.1, -0.05) is 45.0 Å². The number of halogens is 1. The smallest absolute Gasteiger partial charge is 0.163 e. The van der Waals surface area contributed by atoms with Crippen LogP contribution in [0.3, 0.4) is 0 Å². The molecule has 0 bridgehead atoms. The third kappa shape index (κ3) is 2.81. The van der Waals surface area contributed by atoms with Gasteiger partial charge < -0.3 is 4.57 Å². The topological polar surface area (TPSA) is 30.7 Å². The van der Waals surface area contributed by atoms with E-state index in [1.54, 1.807) is 0 Å². The van der Waals surface area contributed by atoms with Crippen LogP contribution in [0.15, 0.2) is 24.3 Å². The number of hydrogen-bond acceptors (Lipinski definition) is 2. The Labute approximate surface area is 119 Å². The molecule has 0 aliphatic carbocycles. The van der Waals surface area contributed by atoms with Crippen molar-refractivity contribution in [2.24, 2.45) is 0 Å². The summed E-state index contributed by atoms with van der Waals surface area (Å²) in [5, 5.41) is 8.38. The summed E-state index contributed by atoms with van der Waals surface area (Å²) in [4.78, 5) is 0. The molecule has 0 spiro atoms. The predicted molar refractivity (Wildman–Crippen MR) is 79.4 cm³/mol. The van der Waals surface area contributed by atoms with Crippen LogP contribution in [0.1, 0.15) is 39.1 Å². The van der Waals surface area contributed by atoms with Gasteiger partial charge in [-0.3, -0.25) is 0 Å². The molecule has 2 aromatic rings. The fourth-order valence-electron chi connectivity index (χ4n) is 2.10. The summed E-state index contributed by atoms with van der Waals surface area (Å²) in [7, 11) is 0. The molecule has 0 amide bonds. The van der Waals surface area contributed by atoms with E-state index in [1.165, 1.54) is 5.56 Å². The molecule has 102 valence electrons. The summed E-state index contributed by atoms with van der Waals surface area (Å²) in [6, 6.07) is 8.53. The highest BCUT2D eigenvalue weighted by Gasteiger charge is 2.15. The summed E-state index contributed by atoms with van der Waals surface area (Å²) in [6.45, 7) is 9.53. The highest BCUT2D eigenvalue weighted by Crippen LogP contribution is 2.25. The van der Waals surface area contributed by atoms with E-state index in [0.29, 0.717) is 5.88 Å². The van der Waals surface area contributed by atoms with Crippen LogP contribution in [-0.4, -0.2) is 14.8 Å². The van der Waals surface area contributed by atoms with E-state index < -0.39 is 0 Å². The zero-order chi connectivity index (χ0) is 14.0. The van der Waals surface area contributed by atoms with Crippen LogP contribution in [-0.2, 0) is 17.8 Å². The van der Waals surface area contributed by atoms with Crippen molar-refractivity contribution in [1.29, 1.82) is 0 Å². The molecule has 0 aliphatic rings. The fourth-order valence-corrected chi connectivity index (χ4v) is 2.30. The Kier molecular flexibility index (Phi) is 3.95. The van der Waals surface area contributed by atoms with Gasteiger partial charge in [0.2, 0.25) is 0 Å². The summed E-state index contributed by atoms with van der Waals surface area (Å²) in [6.07, 6.45) is 0. The van der Waals surface area contributed by atoms with E-state index in [-0.39, 0.29) is 5.41 Å². The van der Waals surface area contributed by atoms with Crippen molar-refractivity contribution in [3.8, 4) is 11.4 Å². The van der Waals surface area contributed by atoms with Crippen LogP contribution in [0, 0.1) is 0 Å². The first kappa shape index (κ1) is 14.1. The lowest BCUT2D eigenvalue weighted by Gasteiger charge is -2.19. The molecular formula is C15H20ClN3. The van der Waals surface area contributed by atoms with Gasteiger partial charge in [-0.25, -0.2) is 0 Å². The number of benzene rings is 1. The third-order valence-corrected chi connectivity index (χ3v) is 3.51. The molecule has 0 aliphatic heterocycles. The van der Waals surface area contributed by atoms with Gasteiger partial charge in [0.1, 0.15) is 5.82 Å². The Morgan fingerprint density at radius 3 is 2.21 bits per heavy atom. The molecule has 0 atom stereocenters. The normalized spacial score (nSPS) is 11.8. The highest BCUT2D eigenvalue weighted by molar-refractivity contribution is 6.16. The second-order valence-electron chi connectivity index (χ2n) is 5.65. The molecule has 0 saturated carbocycles. The molecule has 19 heavy (non-hydrogen) atoms. The predicted octanol–water partition coefficient (Wildman–Crippen LogP) is 4.00. The van der Waals surface area contributed by atoms with Crippen molar-refractivity contribution >= 4 is 11.6 Å². The number of nitrogens with zero attached hydrogens (tertiary/aromatic N) is 3. The van der Waals surface area contributed by atoms with Crippen LogP contribution in [0.4, 0.5) is 0 Å². The number of alkyl halides is 1. The Morgan fingerprint density at radius 2 is 1.74 bits per heavy atom. The van der Waals surface area contributed by atoms with Gasteiger partial charge in [-0.05, 0) is 17.9 Å². The standard InChI is InChI=1S/C15H20ClN3/c1-5-19-13(10-16)17-18-14(19)11-6-8-12(9-7-11)15(2,3)4/h6-9H,5,10H2,1-4H3. The molecule has 0 saturated heterocycles. The average molecular weight is 278 g/mol. The second kappa shape index (κ2) is 5.33. The van der Waals surface area contributed by atoms with E-state index >= 15 is 0 Å². The van der Waals surface area contributed by atoms with Gasteiger partial charge in [0.25, 0.3) is 0 Å². The molecule has 1 aromatic carbocycles. The largest absolute Gasteiger partial charge is 0.310 e. The highest BCUT2D eigenvalue weighted by atomic mass is 35.5. The lowest BCUT2D eigenvalue weighted by atomic mass is 9.87. The van der Waals surface area contributed by atoms with E-state index in [1.807, 2.05) is 0 Å². The van der Waals surface area contributed by atoms with E-state index in [2.05, 4.69) is 66.7 Å². The molecule has 3 nitrogen and oxygen atoms in total.